The highest BCUT2D eigenvalue weighted by atomic mass is 16.1. The standard InChI is InChI=1S/C15H14N2O2/c1-8(2)15-16-13-10-6-4-3-5-9(10)11(18)7-12(19)14(13)17-15/h3-6,8H,7H2,1-2H3,(H,16,17). The van der Waals surface area contributed by atoms with Crippen molar-refractivity contribution in [1.29, 1.82) is 0 Å². The van der Waals surface area contributed by atoms with Gasteiger partial charge in [0.15, 0.2) is 11.6 Å². The van der Waals surface area contributed by atoms with Crippen molar-refractivity contribution in [1.82, 2.24) is 9.97 Å². The minimum Gasteiger partial charge on any atom is -0.339 e. The molecular weight excluding hydrogens is 240 g/mol. The van der Waals surface area contributed by atoms with Crippen LogP contribution in [0.3, 0.4) is 0 Å². The van der Waals surface area contributed by atoms with Crippen LogP contribution in [-0.4, -0.2) is 21.5 Å². The Balaban J connectivity index is 2.29. The number of carbonyl (C=O) groups excluding carboxylic acids is 2. The lowest BCUT2D eigenvalue weighted by molar-refractivity contribution is 0.0894. The first-order valence-corrected chi connectivity index (χ1v) is 6.33. The van der Waals surface area contributed by atoms with E-state index in [0.717, 1.165) is 11.4 Å². The third-order valence-corrected chi connectivity index (χ3v) is 3.35. The molecule has 0 unspecified atom stereocenters. The molecule has 1 aliphatic rings. The summed E-state index contributed by atoms with van der Waals surface area (Å²) in [6, 6.07) is 7.26. The highest BCUT2D eigenvalue weighted by Crippen LogP contribution is 2.31. The summed E-state index contributed by atoms with van der Waals surface area (Å²) in [5.74, 6) is 0.666. The zero-order valence-electron chi connectivity index (χ0n) is 10.9. The average molecular weight is 254 g/mol. The molecular formula is C15H14N2O2. The Bertz CT molecular complexity index is 683. The fourth-order valence-electron chi connectivity index (χ4n) is 2.32. The minimum absolute atomic E-state index is 0.0935. The molecule has 4 heteroatoms. The van der Waals surface area contributed by atoms with Gasteiger partial charge in [-0.2, -0.15) is 0 Å². The Kier molecular flexibility index (Phi) is 2.59. The first kappa shape index (κ1) is 11.8. The van der Waals surface area contributed by atoms with E-state index in [4.69, 9.17) is 0 Å². The van der Waals surface area contributed by atoms with Crippen molar-refractivity contribution < 1.29 is 9.59 Å². The maximum Gasteiger partial charge on any atom is 0.189 e. The minimum atomic E-state index is -0.185. The van der Waals surface area contributed by atoms with Gasteiger partial charge in [0, 0.05) is 17.0 Å². The van der Waals surface area contributed by atoms with Crippen LogP contribution in [-0.2, 0) is 0 Å². The van der Waals surface area contributed by atoms with E-state index in [0.29, 0.717) is 17.0 Å². The van der Waals surface area contributed by atoms with Crippen molar-refractivity contribution in [2.45, 2.75) is 26.2 Å². The maximum absolute atomic E-state index is 12.1. The number of ketones is 2. The lowest BCUT2D eigenvalue weighted by Gasteiger charge is -2.03. The van der Waals surface area contributed by atoms with Gasteiger partial charge in [-0.15, -0.1) is 0 Å². The number of fused-ring (bicyclic) bond motifs is 3. The molecule has 3 rings (SSSR count). The molecule has 0 aliphatic heterocycles. The lowest BCUT2D eigenvalue weighted by atomic mass is 10.0. The zero-order valence-corrected chi connectivity index (χ0v) is 10.9. The molecule has 0 bridgehead atoms. The summed E-state index contributed by atoms with van der Waals surface area (Å²) in [5.41, 5.74) is 2.39. The molecule has 1 aromatic heterocycles. The van der Waals surface area contributed by atoms with Gasteiger partial charge in [-0.25, -0.2) is 4.98 Å². The Morgan fingerprint density at radius 1 is 1.11 bits per heavy atom. The van der Waals surface area contributed by atoms with Gasteiger partial charge in [0.25, 0.3) is 0 Å². The molecule has 19 heavy (non-hydrogen) atoms. The van der Waals surface area contributed by atoms with Crippen LogP contribution in [0.15, 0.2) is 24.3 Å². The largest absolute Gasteiger partial charge is 0.339 e. The first-order chi connectivity index (χ1) is 9.08. The number of hydrogen-bond donors (Lipinski definition) is 1. The summed E-state index contributed by atoms with van der Waals surface area (Å²) < 4.78 is 0. The average Bonchev–Trinajstić information content (AvgIpc) is 2.80. The molecule has 0 spiro atoms. The Labute approximate surface area is 110 Å². The molecule has 0 amide bonds. The van der Waals surface area contributed by atoms with E-state index in [-0.39, 0.29) is 23.9 Å². The molecule has 2 aromatic rings. The number of benzene rings is 1. The fourth-order valence-corrected chi connectivity index (χ4v) is 2.32. The molecule has 96 valence electrons. The van der Waals surface area contributed by atoms with Gasteiger partial charge in [-0.3, -0.25) is 9.59 Å². The molecule has 1 aliphatic carbocycles. The van der Waals surface area contributed by atoms with Gasteiger partial charge >= 0.3 is 0 Å². The molecule has 1 heterocycles. The van der Waals surface area contributed by atoms with E-state index in [1.165, 1.54) is 0 Å². The van der Waals surface area contributed by atoms with Crippen molar-refractivity contribution >= 4 is 11.6 Å². The summed E-state index contributed by atoms with van der Waals surface area (Å²) in [6.07, 6.45) is -0.0935. The van der Waals surface area contributed by atoms with E-state index < -0.39 is 0 Å². The van der Waals surface area contributed by atoms with Gasteiger partial charge in [-0.1, -0.05) is 38.1 Å². The molecule has 0 saturated carbocycles. The molecule has 1 N–H and O–H groups in total. The highest BCUT2D eigenvalue weighted by Gasteiger charge is 2.28. The summed E-state index contributed by atoms with van der Waals surface area (Å²) in [7, 11) is 0. The summed E-state index contributed by atoms with van der Waals surface area (Å²) in [6.45, 7) is 4.03. The number of nitrogens with zero attached hydrogens (tertiary/aromatic N) is 1. The SMILES string of the molecule is CC(C)c1nc2c([nH]1)C(=O)CC(=O)c1ccccc1-2. The van der Waals surface area contributed by atoms with E-state index in [1.807, 2.05) is 32.0 Å². The third-order valence-electron chi connectivity index (χ3n) is 3.35. The molecule has 0 saturated heterocycles. The van der Waals surface area contributed by atoms with E-state index in [1.54, 1.807) is 6.07 Å². The number of aromatic nitrogens is 2. The highest BCUT2D eigenvalue weighted by molar-refractivity contribution is 6.19. The number of rotatable bonds is 1. The van der Waals surface area contributed by atoms with Crippen LogP contribution in [0.1, 0.15) is 52.9 Å². The van der Waals surface area contributed by atoms with Crippen LogP contribution < -0.4 is 0 Å². The molecule has 1 aromatic carbocycles. The van der Waals surface area contributed by atoms with Crippen LogP contribution in [0, 0.1) is 0 Å². The smallest absolute Gasteiger partial charge is 0.189 e. The second-order valence-corrected chi connectivity index (χ2v) is 5.07. The van der Waals surface area contributed by atoms with Crippen LogP contribution in [0.25, 0.3) is 11.3 Å². The Morgan fingerprint density at radius 3 is 2.47 bits per heavy atom. The van der Waals surface area contributed by atoms with Crippen LogP contribution >= 0.6 is 0 Å². The maximum atomic E-state index is 12.1. The van der Waals surface area contributed by atoms with Gasteiger partial charge in [0.1, 0.15) is 17.2 Å². The summed E-state index contributed by atoms with van der Waals surface area (Å²) in [4.78, 5) is 31.7. The van der Waals surface area contributed by atoms with Crippen molar-refractivity contribution in [2.24, 2.45) is 0 Å². The van der Waals surface area contributed by atoms with Gasteiger partial charge < -0.3 is 4.98 Å². The molecule has 0 atom stereocenters. The normalized spacial score (nSPS) is 14.3. The first-order valence-electron chi connectivity index (χ1n) is 6.33. The van der Waals surface area contributed by atoms with E-state index >= 15 is 0 Å². The molecule has 0 radical (unpaired) electrons. The Hall–Kier alpha value is -2.23. The van der Waals surface area contributed by atoms with Crippen molar-refractivity contribution in [3.8, 4) is 11.3 Å². The quantitative estimate of drug-likeness (QED) is 0.796. The summed E-state index contributed by atoms with van der Waals surface area (Å²) >= 11 is 0. The van der Waals surface area contributed by atoms with Gasteiger partial charge in [-0.05, 0) is 0 Å². The van der Waals surface area contributed by atoms with Crippen LogP contribution in [0.5, 0.6) is 0 Å². The second kappa shape index (κ2) is 4.16. The third kappa shape index (κ3) is 1.80. The van der Waals surface area contributed by atoms with Crippen molar-refractivity contribution in [2.75, 3.05) is 0 Å². The monoisotopic (exact) mass is 254 g/mol. The zero-order chi connectivity index (χ0) is 13.6. The number of Topliss-reactive ketones (excluding diaryl/α,β-unsaturated/α-hetero) is 2. The number of H-pyrrole nitrogens is 1. The molecule has 4 nitrogen and oxygen atoms in total. The number of imidazole rings is 1. The van der Waals surface area contributed by atoms with Gasteiger partial charge in [0.05, 0.1) is 6.42 Å². The van der Waals surface area contributed by atoms with Crippen molar-refractivity contribution in [3.63, 3.8) is 0 Å². The summed E-state index contributed by atoms with van der Waals surface area (Å²) in [5, 5.41) is 0. The second-order valence-electron chi connectivity index (χ2n) is 5.07. The topological polar surface area (TPSA) is 62.8 Å². The Morgan fingerprint density at radius 2 is 1.79 bits per heavy atom. The van der Waals surface area contributed by atoms with Crippen molar-refractivity contribution in [3.05, 3.63) is 41.3 Å². The predicted molar refractivity (Wildman–Crippen MR) is 71.4 cm³/mol. The van der Waals surface area contributed by atoms with Crippen LogP contribution in [0.4, 0.5) is 0 Å². The lowest BCUT2D eigenvalue weighted by Crippen LogP contribution is -2.06. The fraction of sp³-hybridized carbons (Fsp3) is 0.267. The number of hydrogen-bond acceptors (Lipinski definition) is 3. The number of aromatic amines is 1. The number of carbonyl (C=O) groups is 2. The predicted octanol–water partition coefficient (Wildman–Crippen LogP) is 2.97. The van der Waals surface area contributed by atoms with E-state index in [9.17, 15) is 9.59 Å². The number of nitrogens with one attached hydrogen (secondary N) is 1. The molecule has 0 fully saturated rings. The van der Waals surface area contributed by atoms with Crippen LogP contribution in [0.2, 0.25) is 0 Å². The van der Waals surface area contributed by atoms with E-state index in [2.05, 4.69) is 9.97 Å². The van der Waals surface area contributed by atoms with Gasteiger partial charge in [0.2, 0.25) is 0 Å².